The molecule has 0 radical (unpaired) electrons. The second-order valence-corrected chi connectivity index (χ2v) is 6.62. The molecule has 6 heteroatoms. The summed E-state index contributed by atoms with van der Waals surface area (Å²) in [5, 5.41) is 3.02. The van der Waals surface area contributed by atoms with Crippen molar-refractivity contribution in [2.24, 2.45) is 0 Å². The standard InChI is InChI=1S/C21H25N3O3/c1-15-7-6-8-17(20(15)27-3)21(26)22-18-9-4-5-10-19(18)24-13-11-23(12-14-24)16(2)25/h4-10H,11-14H2,1-3H3,(H,22,26). The molecule has 2 aromatic carbocycles. The minimum atomic E-state index is -0.203. The monoisotopic (exact) mass is 367 g/mol. The summed E-state index contributed by atoms with van der Waals surface area (Å²) in [6.45, 7) is 6.35. The van der Waals surface area contributed by atoms with Crippen LogP contribution in [0.2, 0.25) is 0 Å². The molecule has 0 saturated carbocycles. The maximum absolute atomic E-state index is 12.9. The van der Waals surface area contributed by atoms with E-state index >= 15 is 0 Å². The lowest BCUT2D eigenvalue weighted by Gasteiger charge is -2.36. The van der Waals surface area contributed by atoms with Gasteiger partial charge in [-0.2, -0.15) is 0 Å². The van der Waals surface area contributed by atoms with Crippen LogP contribution >= 0.6 is 0 Å². The van der Waals surface area contributed by atoms with E-state index in [0.29, 0.717) is 24.4 Å². The van der Waals surface area contributed by atoms with Gasteiger partial charge in [-0.15, -0.1) is 0 Å². The summed E-state index contributed by atoms with van der Waals surface area (Å²) < 4.78 is 5.41. The summed E-state index contributed by atoms with van der Waals surface area (Å²) in [6.07, 6.45) is 0. The van der Waals surface area contributed by atoms with Crippen LogP contribution in [0.3, 0.4) is 0 Å². The molecule has 0 aromatic heterocycles. The van der Waals surface area contributed by atoms with Crippen LogP contribution in [0.25, 0.3) is 0 Å². The fourth-order valence-corrected chi connectivity index (χ4v) is 3.41. The Morgan fingerprint density at radius 1 is 1.00 bits per heavy atom. The molecular weight excluding hydrogens is 342 g/mol. The summed E-state index contributed by atoms with van der Waals surface area (Å²) >= 11 is 0. The van der Waals surface area contributed by atoms with Crippen LogP contribution in [0.5, 0.6) is 5.75 Å². The van der Waals surface area contributed by atoms with Crippen molar-refractivity contribution < 1.29 is 14.3 Å². The Bertz CT molecular complexity index is 842. The minimum Gasteiger partial charge on any atom is -0.496 e. The van der Waals surface area contributed by atoms with E-state index in [1.165, 1.54) is 0 Å². The number of aryl methyl sites for hydroxylation is 1. The number of carbonyl (C=O) groups excluding carboxylic acids is 2. The maximum atomic E-state index is 12.9. The van der Waals surface area contributed by atoms with Crippen molar-refractivity contribution >= 4 is 23.2 Å². The quantitative estimate of drug-likeness (QED) is 0.903. The Morgan fingerprint density at radius 2 is 1.70 bits per heavy atom. The maximum Gasteiger partial charge on any atom is 0.259 e. The molecule has 0 aliphatic carbocycles. The van der Waals surface area contributed by atoms with E-state index < -0.39 is 0 Å². The van der Waals surface area contributed by atoms with Gasteiger partial charge >= 0.3 is 0 Å². The van der Waals surface area contributed by atoms with Gasteiger partial charge in [-0.05, 0) is 30.7 Å². The van der Waals surface area contributed by atoms with Gasteiger partial charge in [-0.25, -0.2) is 0 Å². The third kappa shape index (κ3) is 4.05. The number of hydrogen-bond acceptors (Lipinski definition) is 4. The topological polar surface area (TPSA) is 61.9 Å². The lowest BCUT2D eigenvalue weighted by molar-refractivity contribution is -0.129. The first-order valence-electron chi connectivity index (χ1n) is 9.05. The number of nitrogens with zero attached hydrogens (tertiary/aromatic N) is 2. The molecule has 0 atom stereocenters. The number of piperazine rings is 1. The van der Waals surface area contributed by atoms with Crippen molar-refractivity contribution in [3.63, 3.8) is 0 Å². The Kier molecular flexibility index (Phi) is 5.64. The van der Waals surface area contributed by atoms with E-state index in [4.69, 9.17) is 4.74 Å². The molecule has 1 saturated heterocycles. The van der Waals surface area contributed by atoms with E-state index in [2.05, 4.69) is 10.2 Å². The van der Waals surface area contributed by atoms with Crippen LogP contribution in [0.15, 0.2) is 42.5 Å². The van der Waals surface area contributed by atoms with Crippen molar-refractivity contribution in [2.45, 2.75) is 13.8 Å². The van der Waals surface area contributed by atoms with Gasteiger partial charge in [0.15, 0.2) is 0 Å². The molecule has 6 nitrogen and oxygen atoms in total. The largest absolute Gasteiger partial charge is 0.496 e. The van der Waals surface area contributed by atoms with Gasteiger partial charge in [-0.3, -0.25) is 9.59 Å². The van der Waals surface area contributed by atoms with Gasteiger partial charge < -0.3 is 19.9 Å². The highest BCUT2D eigenvalue weighted by molar-refractivity contribution is 6.08. The van der Waals surface area contributed by atoms with Crippen LogP contribution < -0.4 is 15.0 Å². The molecule has 0 bridgehead atoms. The first kappa shape index (κ1) is 18.8. The zero-order chi connectivity index (χ0) is 19.4. The molecule has 1 fully saturated rings. The third-order valence-corrected chi connectivity index (χ3v) is 4.88. The fourth-order valence-electron chi connectivity index (χ4n) is 3.41. The van der Waals surface area contributed by atoms with Crippen molar-refractivity contribution in [1.82, 2.24) is 4.90 Å². The number of para-hydroxylation sites is 3. The smallest absolute Gasteiger partial charge is 0.259 e. The van der Waals surface area contributed by atoms with Crippen molar-refractivity contribution in [3.8, 4) is 5.75 Å². The highest BCUT2D eigenvalue weighted by Crippen LogP contribution is 2.29. The fraction of sp³-hybridized carbons (Fsp3) is 0.333. The number of rotatable bonds is 4. The van der Waals surface area contributed by atoms with Gasteiger partial charge in [0.2, 0.25) is 5.91 Å². The molecule has 2 amide bonds. The van der Waals surface area contributed by atoms with Crippen LogP contribution in [0.4, 0.5) is 11.4 Å². The average Bonchev–Trinajstić information content (AvgIpc) is 2.68. The molecule has 1 aliphatic rings. The van der Waals surface area contributed by atoms with Crippen LogP contribution in [-0.4, -0.2) is 50.0 Å². The SMILES string of the molecule is COc1c(C)cccc1C(=O)Nc1ccccc1N1CCN(C(C)=O)CC1. The normalized spacial score (nSPS) is 14.0. The van der Waals surface area contributed by atoms with Crippen LogP contribution in [-0.2, 0) is 4.79 Å². The molecule has 1 heterocycles. The lowest BCUT2D eigenvalue weighted by Crippen LogP contribution is -2.48. The van der Waals surface area contributed by atoms with Gasteiger partial charge in [0.05, 0.1) is 24.0 Å². The number of anilines is 2. The lowest BCUT2D eigenvalue weighted by atomic mass is 10.1. The first-order valence-corrected chi connectivity index (χ1v) is 9.05. The van der Waals surface area contributed by atoms with Crippen molar-refractivity contribution in [3.05, 3.63) is 53.6 Å². The van der Waals surface area contributed by atoms with Gasteiger partial charge in [0, 0.05) is 33.1 Å². The van der Waals surface area contributed by atoms with Crippen LogP contribution in [0.1, 0.15) is 22.8 Å². The van der Waals surface area contributed by atoms with E-state index in [1.807, 2.05) is 48.2 Å². The molecule has 142 valence electrons. The number of hydrogen-bond donors (Lipinski definition) is 1. The molecule has 2 aromatic rings. The number of ether oxygens (including phenoxy) is 1. The van der Waals surface area contributed by atoms with E-state index in [9.17, 15) is 9.59 Å². The molecule has 1 aliphatic heterocycles. The first-order chi connectivity index (χ1) is 13.0. The minimum absolute atomic E-state index is 0.0998. The highest BCUT2D eigenvalue weighted by Gasteiger charge is 2.22. The predicted molar refractivity (Wildman–Crippen MR) is 107 cm³/mol. The Morgan fingerprint density at radius 3 is 2.37 bits per heavy atom. The average molecular weight is 367 g/mol. The zero-order valence-electron chi connectivity index (χ0n) is 16.0. The summed E-state index contributed by atoms with van der Waals surface area (Å²) in [5.41, 5.74) is 3.13. The second kappa shape index (κ2) is 8.12. The van der Waals surface area contributed by atoms with Crippen molar-refractivity contribution in [1.29, 1.82) is 0 Å². The number of methoxy groups -OCH3 is 1. The molecule has 0 spiro atoms. The summed E-state index contributed by atoms with van der Waals surface area (Å²) in [7, 11) is 1.57. The van der Waals surface area contributed by atoms with Gasteiger partial charge in [-0.1, -0.05) is 24.3 Å². The predicted octanol–water partition coefficient (Wildman–Crippen LogP) is 2.92. The number of carbonyl (C=O) groups is 2. The second-order valence-electron chi connectivity index (χ2n) is 6.62. The number of nitrogens with one attached hydrogen (secondary N) is 1. The number of amides is 2. The Labute approximate surface area is 159 Å². The Balaban J connectivity index is 1.80. The van der Waals surface area contributed by atoms with Crippen LogP contribution in [0, 0.1) is 6.92 Å². The van der Waals surface area contributed by atoms with E-state index in [0.717, 1.165) is 30.0 Å². The van der Waals surface area contributed by atoms with Crippen molar-refractivity contribution in [2.75, 3.05) is 43.5 Å². The summed E-state index contributed by atoms with van der Waals surface area (Å²) in [5.74, 6) is 0.482. The zero-order valence-corrected chi connectivity index (χ0v) is 16.0. The molecule has 27 heavy (non-hydrogen) atoms. The summed E-state index contributed by atoms with van der Waals surface area (Å²) in [4.78, 5) is 28.4. The third-order valence-electron chi connectivity index (χ3n) is 4.88. The summed E-state index contributed by atoms with van der Waals surface area (Å²) in [6, 6.07) is 13.3. The highest BCUT2D eigenvalue weighted by atomic mass is 16.5. The van der Waals surface area contributed by atoms with E-state index in [1.54, 1.807) is 20.1 Å². The molecule has 1 N–H and O–H groups in total. The van der Waals surface area contributed by atoms with Gasteiger partial charge in [0.25, 0.3) is 5.91 Å². The molecular formula is C21H25N3O3. The number of benzene rings is 2. The van der Waals surface area contributed by atoms with Gasteiger partial charge in [0.1, 0.15) is 5.75 Å². The molecule has 0 unspecified atom stereocenters. The molecule has 3 rings (SSSR count). The Hall–Kier alpha value is -3.02. The van der Waals surface area contributed by atoms with E-state index in [-0.39, 0.29) is 11.8 Å².